The molecule has 0 aliphatic carbocycles. The number of aliphatic imine (C=N–C) groups is 1. The Labute approximate surface area is 97.6 Å². The van der Waals surface area contributed by atoms with E-state index in [2.05, 4.69) is 4.99 Å². The van der Waals surface area contributed by atoms with Crippen LogP contribution in [0.4, 0.5) is 0 Å². The van der Waals surface area contributed by atoms with E-state index >= 15 is 0 Å². The minimum Gasteiger partial charge on any atom is -0.345 e. The van der Waals surface area contributed by atoms with Crippen molar-refractivity contribution in [3.05, 3.63) is 12.3 Å². The Bertz CT molecular complexity index is 261. The first-order valence-electron chi connectivity index (χ1n) is 5.36. The van der Waals surface area contributed by atoms with Crippen LogP contribution in [0, 0.1) is 0 Å². The number of carbonyl (C=O) groups excluding carboxylic acids is 1. The molecular weight excluding hydrogens is 204 g/mol. The van der Waals surface area contributed by atoms with Crippen LogP contribution in [0.5, 0.6) is 0 Å². The molecule has 1 atom stereocenters. The van der Waals surface area contributed by atoms with Gasteiger partial charge in [0, 0.05) is 32.9 Å². The maximum absolute atomic E-state index is 10.7. The quantitative estimate of drug-likeness (QED) is 0.425. The molecule has 5 heteroatoms. The summed E-state index contributed by atoms with van der Waals surface area (Å²) in [6, 6.07) is 0.145. The summed E-state index contributed by atoms with van der Waals surface area (Å²) in [5, 5.41) is 0. The molecule has 0 aliphatic rings. The smallest absolute Gasteiger partial charge is 0.216 e. The van der Waals surface area contributed by atoms with Crippen LogP contribution in [-0.4, -0.2) is 48.9 Å². The fourth-order valence-electron chi connectivity index (χ4n) is 1.14. The zero-order valence-electron chi connectivity index (χ0n) is 10.6. The summed E-state index contributed by atoms with van der Waals surface area (Å²) in [5.41, 5.74) is 5.69. The van der Waals surface area contributed by atoms with E-state index in [0.717, 1.165) is 19.4 Å². The van der Waals surface area contributed by atoms with Crippen molar-refractivity contribution in [2.75, 3.05) is 20.6 Å². The highest BCUT2D eigenvalue weighted by molar-refractivity contribution is 5.88. The van der Waals surface area contributed by atoms with Gasteiger partial charge in [-0.1, -0.05) is 6.08 Å². The number of guanidine groups is 1. The molecule has 0 radical (unpaired) electrons. The molecular formula is C11H22N4O. The van der Waals surface area contributed by atoms with Crippen LogP contribution in [0.2, 0.25) is 0 Å². The summed E-state index contributed by atoms with van der Waals surface area (Å²) < 4.78 is 0. The molecule has 2 N–H and O–H groups in total. The van der Waals surface area contributed by atoms with Crippen LogP contribution in [-0.2, 0) is 4.79 Å². The number of nitrogens with zero attached hydrogens (tertiary/aromatic N) is 3. The van der Waals surface area contributed by atoms with E-state index in [1.54, 1.807) is 13.2 Å². The number of amides is 1. The van der Waals surface area contributed by atoms with Crippen molar-refractivity contribution in [2.45, 2.75) is 26.3 Å². The number of allylic oxidation sites excluding steroid dienone is 1. The van der Waals surface area contributed by atoms with Gasteiger partial charge in [-0.2, -0.15) is 0 Å². The van der Waals surface area contributed by atoms with Crippen molar-refractivity contribution < 1.29 is 4.79 Å². The first-order chi connectivity index (χ1) is 7.52. The third-order valence-electron chi connectivity index (χ3n) is 2.07. The molecule has 0 aromatic rings. The Morgan fingerprint density at radius 2 is 2.12 bits per heavy atom. The van der Waals surface area contributed by atoms with E-state index in [9.17, 15) is 4.79 Å². The van der Waals surface area contributed by atoms with Gasteiger partial charge in [0.05, 0.1) is 0 Å². The van der Waals surface area contributed by atoms with Crippen LogP contribution < -0.4 is 5.73 Å². The lowest BCUT2D eigenvalue weighted by Gasteiger charge is -2.25. The highest BCUT2D eigenvalue weighted by atomic mass is 16.1. The molecule has 92 valence electrons. The normalized spacial score (nSPS) is 13.9. The maximum atomic E-state index is 10.7. The summed E-state index contributed by atoms with van der Waals surface area (Å²) >= 11 is 0. The van der Waals surface area contributed by atoms with Crippen LogP contribution in [0.3, 0.4) is 0 Å². The number of hydrogen-bond acceptors (Lipinski definition) is 3. The largest absolute Gasteiger partial charge is 0.345 e. The molecule has 1 amide bonds. The summed E-state index contributed by atoms with van der Waals surface area (Å²) in [4.78, 5) is 18.3. The first kappa shape index (κ1) is 14.6. The average Bonchev–Trinajstić information content (AvgIpc) is 2.26. The topological polar surface area (TPSA) is 61.9 Å². The van der Waals surface area contributed by atoms with Crippen molar-refractivity contribution >= 4 is 12.4 Å². The third kappa shape index (κ3) is 5.50. The monoisotopic (exact) mass is 226 g/mol. The number of hydrogen-bond donors (Lipinski definition) is 1. The van der Waals surface area contributed by atoms with Gasteiger partial charge >= 0.3 is 0 Å². The Hall–Kier alpha value is -1.36. The lowest BCUT2D eigenvalue weighted by molar-refractivity contribution is -0.114. The Balaban J connectivity index is 4.56. The van der Waals surface area contributed by atoms with E-state index in [4.69, 9.17) is 5.73 Å². The van der Waals surface area contributed by atoms with E-state index in [1.807, 2.05) is 31.9 Å². The molecule has 0 aromatic carbocycles. The number of nitrogens with two attached hydrogens (primary N) is 1. The van der Waals surface area contributed by atoms with E-state index in [0.29, 0.717) is 5.96 Å². The van der Waals surface area contributed by atoms with Gasteiger partial charge in [-0.25, -0.2) is 4.99 Å². The maximum Gasteiger partial charge on any atom is 0.216 e. The van der Waals surface area contributed by atoms with Gasteiger partial charge in [0.1, 0.15) is 0 Å². The van der Waals surface area contributed by atoms with Crippen LogP contribution >= 0.6 is 0 Å². The Morgan fingerprint density at radius 1 is 1.50 bits per heavy atom. The van der Waals surface area contributed by atoms with Crippen LogP contribution in [0.15, 0.2) is 17.3 Å². The third-order valence-corrected chi connectivity index (χ3v) is 2.07. The molecule has 0 heterocycles. The molecule has 0 saturated carbocycles. The summed E-state index contributed by atoms with van der Waals surface area (Å²) in [7, 11) is 3.57. The Kier molecular flexibility index (Phi) is 7.20. The second-order valence-electron chi connectivity index (χ2n) is 3.82. The molecule has 1 unspecified atom stereocenters. The highest BCUT2D eigenvalue weighted by Crippen LogP contribution is 1.97. The van der Waals surface area contributed by atoms with Gasteiger partial charge < -0.3 is 10.6 Å². The van der Waals surface area contributed by atoms with Crippen molar-refractivity contribution in [1.82, 2.24) is 9.80 Å². The highest BCUT2D eigenvalue weighted by Gasteiger charge is 2.10. The van der Waals surface area contributed by atoms with Gasteiger partial charge in [0.2, 0.25) is 12.4 Å². The minimum absolute atomic E-state index is 0.145. The molecule has 0 aromatic heterocycles. The molecule has 0 aliphatic heterocycles. The molecule has 0 bridgehead atoms. The average molecular weight is 226 g/mol. The fourth-order valence-corrected chi connectivity index (χ4v) is 1.14. The minimum atomic E-state index is 0.145. The summed E-state index contributed by atoms with van der Waals surface area (Å²) in [5.74, 6) is 0.619. The predicted molar refractivity (Wildman–Crippen MR) is 67.0 cm³/mol. The van der Waals surface area contributed by atoms with Crippen molar-refractivity contribution in [1.29, 1.82) is 0 Å². The Morgan fingerprint density at radius 3 is 2.56 bits per heavy atom. The van der Waals surface area contributed by atoms with Crippen LogP contribution in [0.25, 0.3) is 0 Å². The van der Waals surface area contributed by atoms with Gasteiger partial charge in [-0.15, -0.1) is 0 Å². The zero-order chi connectivity index (χ0) is 12.6. The number of carbonyl (C=O) groups is 1. The second-order valence-corrected chi connectivity index (χ2v) is 3.82. The molecule has 5 nitrogen and oxygen atoms in total. The fraction of sp³-hybridized carbons (Fsp3) is 0.636. The zero-order valence-corrected chi connectivity index (χ0v) is 10.6. The van der Waals surface area contributed by atoms with Gasteiger partial charge in [-0.3, -0.25) is 9.69 Å². The van der Waals surface area contributed by atoms with E-state index in [-0.39, 0.29) is 6.04 Å². The summed E-state index contributed by atoms with van der Waals surface area (Å²) in [6.45, 7) is 4.61. The van der Waals surface area contributed by atoms with Crippen molar-refractivity contribution in [2.24, 2.45) is 10.7 Å². The SMILES string of the molecule is C/C=C/N=C(\N(C)C=O)N(C)CCC(C)N. The molecule has 0 saturated heterocycles. The van der Waals surface area contributed by atoms with E-state index < -0.39 is 0 Å². The van der Waals surface area contributed by atoms with Gasteiger partial charge in [-0.05, 0) is 20.3 Å². The number of rotatable bonds is 5. The lowest BCUT2D eigenvalue weighted by atomic mass is 10.2. The predicted octanol–water partition coefficient (Wildman–Crippen LogP) is 0.633. The molecule has 16 heavy (non-hydrogen) atoms. The molecule has 0 fully saturated rings. The van der Waals surface area contributed by atoms with E-state index in [1.165, 1.54) is 4.90 Å². The van der Waals surface area contributed by atoms with Gasteiger partial charge in [0.15, 0.2) is 0 Å². The second kappa shape index (κ2) is 7.87. The van der Waals surface area contributed by atoms with Crippen molar-refractivity contribution in [3.63, 3.8) is 0 Å². The lowest BCUT2D eigenvalue weighted by Crippen LogP contribution is -2.41. The standard InChI is InChI=1S/C11H22N4O/c1-5-7-13-11(15(4)9-16)14(3)8-6-10(2)12/h5,7,9-10H,6,8,12H2,1-4H3/b7-5+,13-11-. The molecule has 0 rings (SSSR count). The summed E-state index contributed by atoms with van der Waals surface area (Å²) in [6.07, 6.45) is 5.08. The van der Waals surface area contributed by atoms with Gasteiger partial charge in [0.25, 0.3) is 0 Å². The van der Waals surface area contributed by atoms with Crippen molar-refractivity contribution in [3.8, 4) is 0 Å². The van der Waals surface area contributed by atoms with Crippen LogP contribution in [0.1, 0.15) is 20.3 Å². The first-order valence-corrected chi connectivity index (χ1v) is 5.36. The molecule has 0 spiro atoms.